The van der Waals surface area contributed by atoms with Gasteiger partial charge in [-0.3, -0.25) is 4.79 Å². The van der Waals surface area contributed by atoms with Crippen molar-refractivity contribution in [1.82, 2.24) is 19.9 Å². The number of imidazole rings is 1. The maximum Gasteiger partial charge on any atom is 0.257 e. The fourth-order valence-corrected chi connectivity index (χ4v) is 2.76. The highest BCUT2D eigenvalue weighted by molar-refractivity contribution is 6.30. The molecule has 3 rings (SSSR count). The van der Waals surface area contributed by atoms with Crippen molar-refractivity contribution in [2.24, 2.45) is 7.05 Å². The average molecular weight is 371 g/mol. The van der Waals surface area contributed by atoms with Gasteiger partial charge in [-0.1, -0.05) is 23.7 Å². The third-order valence-electron chi connectivity index (χ3n) is 3.89. The zero-order valence-electron chi connectivity index (χ0n) is 14.5. The number of rotatable bonds is 6. The van der Waals surface area contributed by atoms with Gasteiger partial charge < -0.3 is 14.6 Å². The lowest BCUT2D eigenvalue weighted by molar-refractivity contribution is 0.0936. The number of aromatic nitrogens is 3. The number of halogens is 1. The third kappa shape index (κ3) is 3.86. The molecule has 0 fully saturated rings. The van der Waals surface area contributed by atoms with Gasteiger partial charge >= 0.3 is 0 Å². The normalized spacial score (nSPS) is 11.8. The molecule has 2 heterocycles. The van der Waals surface area contributed by atoms with E-state index in [9.17, 15) is 4.79 Å². The van der Waals surface area contributed by atoms with Crippen molar-refractivity contribution in [3.63, 3.8) is 0 Å². The quantitative estimate of drug-likeness (QED) is 0.722. The highest BCUT2D eigenvalue weighted by Crippen LogP contribution is 2.24. The van der Waals surface area contributed by atoms with Gasteiger partial charge in [0.25, 0.3) is 5.91 Å². The maximum absolute atomic E-state index is 12.9. The van der Waals surface area contributed by atoms with Crippen LogP contribution in [0.5, 0.6) is 5.88 Å². The summed E-state index contributed by atoms with van der Waals surface area (Å²) < 4.78 is 7.33. The zero-order valence-corrected chi connectivity index (χ0v) is 15.3. The first-order valence-electron chi connectivity index (χ1n) is 8.21. The Morgan fingerprint density at radius 2 is 2.00 bits per heavy atom. The Morgan fingerprint density at radius 3 is 2.65 bits per heavy atom. The summed E-state index contributed by atoms with van der Waals surface area (Å²) in [6.07, 6.45) is 5.12. The molecular formula is C19H19ClN4O2. The fourth-order valence-electron chi connectivity index (χ4n) is 2.63. The topological polar surface area (TPSA) is 69.0 Å². The van der Waals surface area contributed by atoms with Crippen molar-refractivity contribution in [3.05, 3.63) is 77.0 Å². The lowest BCUT2D eigenvalue weighted by atomic mass is 10.1. The molecule has 1 aromatic carbocycles. The Labute approximate surface area is 156 Å². The Balaban J connectivity index is 1.95. The number of pyridine rings is 1. The van der Waals surface area contributed by atoms with E-state index in [0.29, 0.717) is 28.9 Å². The van der Waals surface area contributed by atoms with Crippen LogP contribution in [0, 0.1) is 0 Å². The molecule has 0 saturated heterocycles. The summed E-state index contributed by atoms with van der Waals surface area (Å²) in [5.41, 5.74) is 1.25. The summed E-state index contributed by atoms with van der Waals surface area (Å²) in [5, 5.41) is 3.65. The minimum absolute atomic E-state index is 0.288. The van der Waals surface area contributed by atoms with Crippen LogP contribution < -0.4 is 10.1 Å². The van der Waals surface area contributed by atoms with E-state index in [0.717, 1.165) is 5.56 Å². The number of ether oxygens (including phenoxy) is 1. The first kappa shape index (κ1) is 17.9. The average Bonchev–Trinajstić information content (AvgIpc) is 3.07. The molecule has 1 amide bonds. The van der Waals surface area contributed by atoms with Gasteiger partial charge in [-0.05, 0) is 36.8 Å². The molecule has 0 aliphatic carbocycles. The smallest absolute Gasteiger partial charge is 0.257 e. The number of benzene rings is 1. The van der Waals surface area contributed by atoms with Crippen LogP contribution in [-0.4, -0.2) is 27.0 Å². The van der Waals surface area contributed by atoms with E-state index in [2.05, 4.69) is 15.3 Å². The van der Waals surface area contributed by atoms with Crippen LogP contribution in [0.4, 0.5) is 0 Å². The molecule has 3 aromatic rings. The van der Waals surface area contributed by atoms with Gasteiger partial charge in [-0.25, -0.2) is 9.97 Å². The van der Waals surface area contributed by atoms with Crippen LogP contribution in [0.15, 0.2) is 55.0 Å². The van der Waals surface area contributed by atoms with Gasteiger partial charge in [0.2, 0.25) is 5.88 Å². The van der Waals surface area contributed by atoms with Crippen LogP contribution in [-0.2, 0) is 7.05 Å². The van der Waals surface area contributed by atoms with E-state index in [-0.39, 0.29) is 5.91 Å². The fraction of sp³-hybridized carbons (Fsp3) is 0.211. The molecule has 0 unspecified atom stereocenters. The van der Waals surface area contributed by atoms with Gasteiger partial charge in [-0.15, -0.1) is 0 Å². The Hall–Kier alpha value is -2.86. The second kappa shape index (κ2) is 8.01. The minimum Gasteiger partial charge on any atom is -0.477 e. The predicted molar refractivity (Wildman–Crippen MR) is 99.4 cm³/mol. The molecule has 6 nitrogen and oxygen atoms in total. The summed E-state index contributed by atoms with van der Waals surface area (Å²) >= 11 is 6.00. The molecule has 134 valence electrons. The van der Waals surface area contributed by atoms with Crippen molar-refractivity contribution in [1.29, 1.82) is 0 Å². The molecule has 26 heavy (non-hydrogen) atoms. The van der Waals surface area contributed by atoms with Crippen molar-refractivity contribution < 1.29 is 9.53 Å². The molecule has 2 aromatic heterocycles. The van der Waals surface area contributed by atoms with Crippen LogP contribution in [0.2, 0.25) is 5.02 Å². The van der Waals surface area contributed by atoms with Crippen molar-refractivity contribution >= 4 is 17.5 Å². The second-order valence-electron chi connectivity index (χ2n) is 5.64. The van der Waals surface area contributed by atoms with E-state index < -0.39 is 6.04 Å². The SMILES string of the molecule is CCOc1ncccc1C(=O)N[C@H](c1ccc(Cl)cc1)c1nccn1C. The van der Waals surface area contributed by atoms with E-state index in [1.54, 1.807) is 36.7 Å². The number of nitrogens with one attached hydrogen (secondary N) is 1. The highest BCUT2D eigenvalue weighted by atomic mass is 35.5. The van der Waals surface area contributed by atoms with Crippen molar-refractivity contribution in [2.75, 3.05) is 6.61 Å². The summed E-state index contributed by atoms with van der Waals surface area (Å²) in [4.78, 5) is 21.4. The lowest BCUT2D eigenvalue weighted by Gasteiger charge is -2.20. The molecule has 0 bridgehead atoms. The second-order valence-corrected chi connectivity index (χ2v) is 6.08. The molecule has 0 saturated carbocycles. The summed E-state index contributed by atoms with van der Waals surface area (Å²) in [5.74, 6) is 0.731. The van der Waals surface area contributed by atoms with Crippen LogP contribution in [0.1, 0.15) is 34.7 Å². The molecule has 1 N–H and O–H groups in total. The summed E-state index contributed by atoms with van der Waals surface area (Å²) in [6.45, 7) is 2.28. The summed E-state index contributed by atoms with van der Waals surface area (Å²) in [6, 6.07) is 10.3. The molecule has 0 aliphatic rings. The number of nitrogens with zero attached hydrogens (tertiary/aromatic N) is 3. The van der Waals surface area contributed by atoms with E-state index in [1.807, 2.05) is 36.9 Å². The molecule has 0 aliphatic heterocycles. The van der Waals surface area contributed by atoms with Crippen molar-refractivity contribution in [3.8, 4) is 5.88 Å². The maximum atomic E-state index is 12.9. The molecule has 1 atom stereocenters. The number of hydrogen-bond donors (Lipinski definition) is 1. The van der Waals surface area contributed by atoms with Gasteiger partial charge in [0, 0.05) is 30.7 Å². The first-order chi connectivity index (χ1) is 12.6. The largest absolute Gasteiger partial charge is 0.477 e. The van der Waals surface area contributed by atoms with Gasteiger partial charge in [0.05, 0.1) is 6.61 Å². The number of hydrogen-bond acceptors (Lipinski definition) is 4. The van der Waals surface area contributed by atoms with Crippen molar-refractivity contribution in [2.45, 2.75) is 13.0 Å². The Kier molecular flexibility index (Phi) is 5.53. The number of carbonyl (C=O) groups excluding carboxylic acids is 1. The molecule has 7 heteroatoms. The Bertz CT molecular complexity index is 893. The number of amides is 1. The van der Waals surface area contributed by atoms with Gasteiger partial charge in [0.15, 0.2) is 0 Å². The summed E-state index contributed by atoms with van der Waals surface area (Å²) in [7, 11) is 1.88. The van der Waals surface area contributed by atoms with Crippen LogP contribution >= 0.6 is 11.6 Å². The molecule has 0 spiro atoms. The first-order valence-corrected chi connectivity index (χ1v) is 8.59. The van der Waals surface area contributed by atoms with E-state index >= 15 is 0 Å². The van der Waals surface area contributed by atoms with Gasteiger partial charge in [0.1, 0.15) is 17.4 Å². The zero-order chi connectivity index (χ0) is 18.5. The predicted octanol–water partition coefficient (Wildman–Crippen LogP) is 3.39. The standard InChI is InChI=1S/C19H19ClN4O2/c1-3-26-19-15(5-4-10-22-19)18(25)23-16(17-21-11-12-24(17)2)13-6-8-14(20)9-7-13/h4-12,16H,3H2,1-2H3,(H,23,25)/t16-/m1/s1. The van der Waals surface area contributed by atoms with E-state index in [1.165, 1.54) is 0 Å². The number of aryl methyl sites for hydroxylation is 1. The lowest BCUT2D eigenvalue weighted by Crippen LogP contribution is -2.31. The number of carbonyl (C=O) groups is 1. The van der Waals surface area contributed by atoms with Gasteiger partial charge in [-0.2, -0.15) is 0 Å². The van der Waals surface area contributed by atoms with Crippen LogP contribution in [0.3, 0.4) is 0 Å². The van der Waals surface area contributed by atoms with Crippen LogP contribution in [0.25, 0.3) is 0 Å². The minimum atomic E-state index is -0.436. The Morgan fingerprint density at radius 1 is 1.23 bits per heavy atom. The third-order valence-corrected chi connectivity index (χ3v) is 4.14. The highest BCUT2D eigenvalue weighted by Gasteiger charge is 2.23. The molecular weight excluding hydrogens is 352 g/mol. The monoisotopic (exact) mass is 370 g/mol. The molecule has 0 radical (unpaired) electrons. The van der Waals surface area contributed by atoms with E-state index in [4.69, 9.17) is 16.3 Å².